The Labute approximate surface area is 218 Å². The highest BCUT2D eigenvalue weighted by Crippen LogP contribution is 2.30. The number of carbonyl (C=O) groups is 3. The number of rotatable bonds is 8. The van der Waals surface area contributed by atoms with Crippen molar-refractivity contribution in [2.45, 2.75) is 70.4 Å². The van der Waals surface area contributed by atoms with E-state index in [1.807, 2.05) is 18.2 Å². The number of carbonyl (C=O) groups excluding carboxylic acids is 2. The molecule has 2 aromatic carbocycles. The third-order valence-corrected chi connectivity index (χ3v) is 7.00. The third-order valence-electron chi connectivity index (χ3n) is 7.00. The first-order valence-corrected chi connectivity index (χ1v) is 12.7. The SMILES string of the molecule is O=C(O)CC1CCC(OC(=O)N2CCc3cc(CC(=O)Cc4cccc(OC(F)(F)F)c4)ccc3C2)CC1. The van der Waals surface area contributed by atoms with Gasteiger partial charge in [0.15, 0.2) is 0 Å². The van der Waals surface area contributed by atoms with Crippen molar-refractivity contribution in [3.8, 4) is 5.75 Å². The Bertz CT molecular complexity index is 1170. The number of Topliss-reactive ketones (excluding diaryl/α,β-unsaturated/α-hetero) is 1. The van der Waals surface area contributed by atoms with Crippen LogP contribution in [0.4, 0.5) is 18.0 Å². The largest absolute Gasteiger partial charge is 0.573 e. The van der Waals surface area contributed by atoms with Crippen molar-refractivity contribution >= 4 is 17.8 Å². The summed E-state index contributed by atoms with van der Waals surface area (Å²) in [7, 11) is 0. The number of hydrogen-bond donors (Lipinski definition) is 1. The first-order valence-electron chi connectivity index (χ1n) is 12.7. The number of nitrogens with zero attached hydrogens (tertiary/aromatic N) is 1. The maximum Gasteiger partial charge on any atom is 0.573 e. The van der Waals surface area contributed by atoms with Crippen molar-refractivity contribution in [2.75, 3.05) is 6.54 Å². The number of carboxylic acid groups (broad SMARTS) is 1. The lowest BCUT2D eigenvalue weighted by Gasteiger charge is -2.32. The summed E-state index contributed by atoms with van der Waals surface area (Å²) >= 11 is 0. The van der Waals surface area contributed by atoms with Gasteiger partial charge in [0, 0.05) is 32.4 Å². The lowest BCUT2D eigenvalue weighted by atomic mass is 9.85. The number of fused-ring (bicyclic) bond motifs is 1. The highest BCUT2D eigenvalue weighted by molar-refractivity contribution is 5.83. The molecule has 2 aromatic rings. The van der Waals surface area contributed by atoms with E-state index in [4.69, 9.17) is 9.84 Å². The van der Waals surface area contributed by atoms with E-state index in [-0.39, 0.29) is 48.9 Å². The summed E-state index contributed by atoms with van der Waals surface area (Å²) in [5.74, 6) is -1.15. The molecule has 1 aliphatic carbocycles. The van der Waals surface area contributed by atoms with Gasteiger partial charge in [0.25, 0.3) is 0 Å². The summed E-state index contributed by atoms with van der Waals surface area (Å²) in [6.45, 7) is 0.895. The smallest absolute Gasteiger partial charge is 0.481 e. The maximum absolute atomic E-state index is 12.7. The zero-order valence-electron chi connectivity index (χ0n) is 20.8. The monoisotopic (exact) mass is 533 g/mol. The number of carboxylic acids is 1. The number of ether oxygens (including phenoxy) is 2. The molecule has 38 heavy (non-hydrogen) atoms. The molecule has 7 nitrogen and oxygen atoms in total. The second kappa shape index (κ2) is 11.9. The molecule has 1 fully saturated rings. The van der Waals surface area contributed by atoms with Crippen LogP contribution in [-0.4, -0.2) is 46.9 Å². The second-order valence-electron chi connectivity index (χ2n) is 9.99. The Morgan fingerprint density at radius 3 is 2.34 bits per heavy atom. The van der Waals surface area contributed by atoms with Crippen LogP contribution >= 0.6 is 0 Å². The van der Waals surface area contributed by atoms with E-state index in [9.17, 15) is 27.6 Å². The molecule has 0 spiro atoms. The van der Waals surface area contributed by atoms with Gasteiger partial charge < -0.3 is 19.5 Å². The van der Waals surface area contributed by atoms with Gasteiger partial charge >= 0.3 is 18.4 Å². The summed E-state index contributed by atoms with van der Waals surface area (Å²) in [5.41, 5.74) is 3.28. The van der Waals surface area contributed by atoms with Gasteiger partial charge in [-0.2, -0.15) is 0 Å². The van der Waals surface area contributed by atoms with Crippen LogP contribution in [-0.2, 0) is 40.1 Å². The number of amides is 1. The molecule has 0 saturated heterocycles. The Morgan fingerprint density at radius 2 is 1.66 bits per heavy atom. The minimum atomic E-state index is -4.79. The van der Waals surface area contributed by atoms with Crippen LogP contribution in [0.3, 0.4) is 0 Å². The summed E-state index contributed by atoms with van der Waals surface area (Å²) in [4.78, 5) is 37.9. The van der Waals surface area contributed by atoms with Gasteiger partial charge in [0.1, 0.15) is 17.6 Å². The first-order chi connectivity index (χ1) is 18.0. The average Bonchev–Trinajstić information content (AvgIpc) is 2.83. The average molecular weight is 534 g/mol. The molecule has 1 heterocycles. The molecule has 1 aliphatic heterocycles. The molecule has 10 heteroatoms. The van der Waals surface area contributed by atoms with E-state index in [2.05, 4.69) is 4.74 Å². The molecule has 0 atom stereocenters. The molecule has 1 saturated carbocycles. The van der Waals surface area contributed by atoms with Crippen molar-refractivity contribution in [1.82, 2.24) is 4.90 Å². The minimum Gasteiger partial charge on any atom is -0.481 e. The maximum atomic E-state index is 12.7. The van der Waals surface area contributed by atoms with Crippen LogP contribution in [0, 0.1) is 5.92 Å². The van der Waals surface area contributed by atoms with Crippen LogP contribution in [0.25, 0.3) is 0 Å². The molecule has 0 bridgehead atoms. The predicted molar refractivity (Wildman–Crippen MR) is 131 cm³/mol. The fourth-order valence-electron chi connectivity index (χ4n) is 5.16. The van der Waals surface area contributed by atoms with Gasteiger partial charge in [0.2, 0.25) is 0 Å². The van der Waals surface area contributed by atoms with Crippen molar-refractivity contribution in [3.63, 3.8) is 0 Å². The van der Waals surface area contributed by atoms with Gasteiger partial charge in [0.05, 0.1) is 0 Å². The van der Waals surface area contributed by atoms with Crippen molar-refractivity contribution in [1.29, 1.82) is 0 Å². The molecule has 204 valence electrons. The van der Waals surface area contributed by atoms with E-state index < -0.39 is 12.3 Å². The van der Waals surface area contributed by atoms with Crippen molar-refractivity contribution < 1.29 is 42.1 Å². The lowest BCUT2D eigenvalue weighted by molar-refractivity contribution is -0.274. The molecule has 2 aliphatic rings. The Balaban J connectivity index is 1.27. The molecule has 1 N–H and O–H groups in total. The zero-order chi connectivity index (χ0) is 27.3. The van der Waals surface area contributed by atoms with Crippen molar-refractivity contribution in [3.05, 3.63) is 64.7 Å². The Kier molecular flexibility index (Phi) is 8.58. The van der Waals surface area contributed by atoms with Gasteiger partial charge in [-0.15, -0.1) is 13.2 Å². The second-order valence-corrected chi connectivity index (χ2v) is 9.99. The molecule has 0 unspecified atom stereocenters. The molecule has 0 aromatic heterocycles. The highest BCUT2D eigenvalue weighted by atomic mass is 19.4. The van der Waals surface area contributed by atoms with E-state index in [0.29, 0.717) is 37.9 Å². The van der Waals surface area contributed by atoms with E-state index in [1.54, 1.807) is 11.0 Å². The topological polar surface area (TPSA) is 93.1 Å². The fourth-order valence-corrected chi connectivity index (χ4v) is 5.16. The van der Waals surface area contributed by atoms with Gasteiger partial charge in [-0.05, 0) is 72.4 Å². The summed E-state index contributed by atoms with van der Waals surface area (Å²) in [6, 6.07) is 11.1. The van der Waals surface area contributed by atoms with E-state index in [0.717, 1.165) is 29.5 Å². The fraction of sp³-hybridized carbons (Fsp3) is 0.464. The Hall–Kier alpha value is -3.56. The standard InChI is InChI=1S/C28H30F3NO6/c29-28(30,31)38-25-3-1-2-19(15-25)13-23(33)14-20-4-7-22-17-32(11-10-21(22)12-20)27(36)37-24-8-5-18(6-9-24)16-26(34)35/h1-4,7,12,15,18,24H,5-6,8-11,13-14,16-17H2,(H,34,35). The number of ketones is 1. The molecule has 0 radical (unpaired) electrons. The van der Waals surface area contributed by atoms with Crippen LogP contribution in [0.2, 0.25) is 0 Å². The quantitative estimate of drug-likeness (QED) is 0.484. The molecular weight excluding hydrogens is 503 g/mol. The van der Waals surface area contributed by atoms with Crippen LogP contribution in [0.15, 0.2) is 42.5 Å². The predicted octanol–water partition coefficient (Wildman–Crippen LogP) is 5.47. The zero-order valence-corrected chi connectivity index (χ0v) is 20.8. The van der Waals surface area contributed by atoms with Gasteiger partial charge in [-0.3, -0.25) is 9.59 Å². The van der Waals surface area contributed by atoms with E-state index >= 15 is 0 Å². The number of aliphatic carboxylic acids is 1. The van der Waals surface area contributed by atoms with Crippen LogP contribution in [0.1, 0.15) is 54.4 Å². The lowest BCUT2D eigenvalue weighted by Crippen LogP contribution is -2.39. The number of benzene rings is 2. The molecule has 1 amide bonds. The highest BCUT2D eigenvalue weighted by Gasteiger charge is 2.31. The van der Waals surface area contributed by atoms with Crippen LogP contribution < -0.4 is 4.74 Å². The Morgan fingerprint density at radius 1 is 0.947 bits per heavy atom. The number of halogens is 3. The van der Waals surface area contributed by atoms with Crippen molar-refractivity contribution in [2.24, 2.45) is 5.92 Å². The molecular formula is C28H30F3NO6. The summed E-state index contributed by atoms with van der Waals surface area (Å²) in [5, 5.41) is 8.94. The normalized spacial score (nSPS) is 19.4. The first kappa shape index (κ1) is 27.5. The van der Waals surface area contributed by atoms with Gasteiger partial charge in [-0.25, -0.2) is 4.79 Å². The molecule has 4 rings (SSSR count). The third kappa shape index (κ3) is 7.97. The minimum absolute atomic E-state index is 0.00994. The number of alkyl halides is 3. The van der Waals surface area contributed by atoms with E-state index in [1.165, 1.54) is 18.2 Å². The van der Waals surface area contributed by atoms with Gasteiger partial charge in [-0.1, -0.05) is 30.3 Å². The summed E-state index contributed by atoms with van der Waals surface area (Å²) in [6.07, 6.45) is -1.62. The number of hydrogen-bond acceptors (Lipinski definition) is 5. The van der Waals surface area contributed by atoms with Crippen LogP contribution in [0.5, 0.6) is 5.75 Å². The summed E-state index contributed by atoms with van der Waals surface area (Å²) < 4.78 is 47.0.